The fourth-order valence-corrected chi connectivity index (χ4v) is 2.81. The summed E-state index contributed by atoms with van der Waals surface area (Å²) in [6.07, 6.45) is 5.67. The standard InChI is InChI=1S/C19H17N5O2/c1-11-8-20-19-23-16(10-24(19)9-11)14-5-4-6-15(7-14)22-18(25)17-12(2)21-13(3)26-17/h4-10H,1-3H3,(H,22,25). The summed E-state index contributed by atoms with van der Waals surface area (Å²) >= 11 is 0. The van der Waals surface area contributed by atoms with Crippen LogP contribution in [0.15, 0.2) is 47.3 Å². The van der Waals surface area contributed by atoms with Crippen molar-refractivity contribution in [1.29, 1.82) is 0 Å². The summed E-state index contributed by atoms with van der Waals surface area (Å²) < 4.78 is 7.25. The normalized spacial score (nSPS) is 11.0. The summed E-state index contributed by atoms with van der Waals surface area (Å²) in [5.41, 5.74) is 3.95. The molecular weight excluding hydrogens is 330 g/mol. The van der Waals surface area contributed by atoms with E-state index in [0.717, 1.165) is 16.8 Å². The molecule has 0 atom stereocenters. The quantitative estimate of drug-likeness (QED) is 0.612. The molecule has 130 valence electrons. The number of carbonyl (C=O) groups is 1. The van der Waals surface area contributed by atoms with Gasteiger partial charge in [0.1, 0.15) is 0 Å². The highest BCUT2D eigenvalue weighted by molar-refractivity contribution is 6.03. The minimum absolute atomic E-state index is 0.223. The molecule has 7 heteroatoms. The van der Waals surface area contributed by atoms with Crippen LogP contribution in [-0.2, 0) is 0 Å². The smallest absolute Gasteiger partial charge is 0.293 e. The van der Waals surface area contributed by atoms with Crippen molar-refractivity contribution in [2.45, 2.75) is 20.8 Å². The van der Waals surface area contributed by atoms with E-state index in [9.17, 15) is 4.79 Å². The molecule has 0 unspecified atom stereocenters. The van der Waals surface area contributed by atoms with Crippen LogP contribution in [0.2, 0.25) is 0 Å². The van der Waals surface area contributed by atoms with Crippen molar-refractivity contribution in [2.24, 2.45) is 0 Å². The number of rotatable bonds is 3. The predicted molar refractivity (Wildman–Crippen MR) is 97.1 cm³/mol. The zero-order valence-electron chi connectivity index (χ0n) is 14.6. The molecule has 0 fully saturated rings. The van der Waals surface area contributed by atoms with E-state index in [1.807, 2.05) is 48.0 Å². The van der Waals surface area contributed by atoms with E-state index in [2.05, 4.69) is 20.3 Å². The van der Waals surface area contributed by atoms with Gasteiger partial charge in [0.2, 0.25) is 11.5 Å². The number of carbonyl (C=O) groups excluding carboxylic acids is 1. The van der Waals surface area contributed by atoms with E-state index in [-0.39, 0.29) is 11.7 Å². The zero-order valence-corrected chi connectivity index (χ0v) is 14.6. The second kappa shape index (κ2) is 6.11. The number of amides is 1. The molecule has 4 aromatic rings. The summed E-state index contributed by atoms with van der Waals surface area (Å²) in [5.74, 6) is 0.995. The molecule has 0 bridgehead atoms. The summed E-state index contributed by atoms with van der Waals surface area (Å²) in [5, 5.41) is 2.84. The Hall–Kier alpha value is -3.48. The molecule has 0 aliphatic heterocycles. The van der Waals surface area contributed by atoms with Gasteiger partial charge in [0.15, 0.2) is 5.89 Å². The second-order valence-electron chi connectivity index (χ2n) is 6.15. The Morgan fingerprint density at radius 1 is 1.15 bits per heavy atom. The van der Waals surface area contributed by atoms with Crippen molar-refractivity contribution in [2.75, 3.05) is 5.32 Å². The van der Waals surface area contributed by atoms with Gasteiger partial charge in [0.25, 0.3) is 5.91 Å². The Morgan fingerprint density at radius 2 is 2.00 bits per heavy atom. The first-order valence-electron chi connectivity index (χ1n) is 8.17. The van der Waals surface area contributed by atoms with Crippen LogP contribution in [0.25, 0.3) is 17.0 Å². The number of nitrogens with one attached hydrogen (secondary N) is 1. The molecule has 1 amide bonds. The summed E-state index contributed by atoms with van der Waals surface area (Å²) in [6, 6.07) is 7.49. The van der Waals surface area contributed by atoms with Crippen LogP contribution in [0.4, 0.5) is 5.69 Å². The lowest BCUT2D eigenvalue weighted by Gasteiger charge is -2.05. The van der Waals surface area contributed by atoms with Gasteiger partial charge >= 0.3 is 0 Å². The Balaban J connectivity index is 1.63. The number of aryl methyl sites for hydroxylation is 3. The highest BCUT2D eigenvalue weighted by atomic mass is 16.4. The van der Waals surface area contributed by atoms with E-state index >= 15 is 0 Å². The van der Waals surface area contributed by atoms with Gasteiger partial charge in [-0.1, -0.05) is 12.1 Å². The number of hydrogen-bond donors (Lipinski definition) is 1. The van der Waals surface area contributed by atoms with Crippen LogP contribution in [0.3, 0.4) is 0 Å². The van der Waals surface area contributed by atoms with Crippen molar-refractivity contribution in [3.05, 3.63) is 65.8 Å². The Bertz CT molecular complexity index is 1130. The third kappa shape index (κ3) is 2.95. The molecule has 7 nitrogen and oxygen atoms in total. The number of imidazole rings is 1. The van der Waals surface area contributed by atoms with Crippen molar-refractivity contribution < 1.29 is 9.21 Å². The number of oxazole rings is 1. The molecule has 26 heavy (non-hydrogen) atoms. The summed E-state index contributed by atoms with van der Waals surface area (Å²) in [6.45, 7) is 5.44. The molecule has 3 aromatic heterocycles. The first kappa shape index (κ1) is 16.0. The van der Waals surface area contributed by atoms with E-state index in [0.29, 0.717) is 23.0 Å². The molecule has 0 aliphatic rings. The lowest BCUT2D eigenvalue weighted by atomic mass is 10.1. The third-order valence-electron chi connectivity index (χ3n) is 3.97. The van der Waals surface area contributed by atoms with Crippen molar-refractivity contribution in [1.82, 2.24) is 19.4 Å². The maximum atomic E-state index is 12.4. The van der Waals surface area contributed by atoms with Gasteiger partial charge in [0.05, 0.1) is 11.4 Å². The van der Waals surface area contributed by atoms with Crippen LogP contribution in [0.1, 0.15) is 27.7 Å². The summed E-state index contributed by atoms with van der Waals surface area (Å²) in [7, 11) is 0. The maximum absolute atomic E-state index is 12.4. The minimum Gasteiger partial charge on any atom is -0.436 e. The molecule has 0 saturated carbocycles. The Kier molecular flexibility index (Phi) is 3.76. The average Bonchev–Trinajstić information content (AvgIpc) is 3.17. The van der Waals surface area contributed by atoms with Gasteiger partial charge in [-0.25, -0.2) is 15.0 Å². The Morgan fingerprint density at radius 3 is 2.77 bits per heavy atom. The number of aromatic nitrogens is 4. The first-order valence-corrected chi connectivity index (χ1v) is 8.17. The monoisotopic (exact) mass is 347 g/mol. The fraction of sp³-hybridized carbons (Fsp3) is 0.158. The lowest BCUT2D eigenvalue weighted by molar-refractivity contribution is 0.0994. The van der Waals surface area contributed by atoms with E-state index < -0.39 is 0 Å². The molecule has 3 heterocycles. The van der Waals surface area contributed by atoms with Crippen LogP contribution < -0.4 is 5.32 Å². The zero-order chi connectivity index (χ0) is 18.3. The highest BCUT2D eigenvalue weighted by Gasteiger charge is 2.16. The Labute approximate surface area is 149 Å². The number of nitrogens with zero attached hydrogens (tertiary/aromatic N) is 4. The van der Waals surface area contributed by atoms with E-state index in [1.54, 1.807) is 20.0 Å². The van der Waals surface area contributed by atoms with Crippen molar-refractivity contribution in [3.63, 3.8) is 0 Å². The molecule has 0 spiro atoms. The second-order valence-corrected chi connectivity index (χ2v) is 6.15. The van der Waals surface area contributed by atoms with Crippen molar-refractivity contribution >= 4 is 17.4 Å². The predicted octanol–water partition coefficient (Wildman–Crippen LogP) is 3.56. The van der Waals surface area contributed by atoms with Crippen LogP contribution in [-0.4, -0.2) is 25.3 Å². The molecular formula is C19H17N5O2. The largest absolute Gasteiger partial charge is 0.436 e. The topological polar surface area (TPSA) is 85.3 Å². The van der Waals surface area contributed by atoms with Gasteiger partial charge < -0.3 is 9.73 Å². The number of hydrogen-bond acceptors (Lipinski definition) is 5. The maximum Gasteiger partial charge on any atom is 0.293 e. The third-order valence-corrected chi connectivity index (χ3v) is 3.97. The number of benzene rings is 1. The SMILES string of the molecule is Cc1cnc2nc(-c3cccc(NC(=O)c4oc(C)nc4C)c3)cn2c1. The van der Waals surface area contributed by atoms with Gasteiger partial charge in [-0.05, 0) is 31.5 Å². The van der Waals surface area contributed by atoms with Crippen LogP contribution in [0, 0.1) is 20.8 Å². The van der Waals surface area contributed by atoms with Gasteiger partial charge in [-0.15, -0.1) is 0 Å². The average molecular weight is 347 g/mol. The van der Waals surface area contributed by atoms with E-state index in [1.165, 1.54) is 0 Å². The first-order chi connectivity index (χ1) is 12.5. The molecule has 0 radical (unpaired) electrons. The number of anilines is 1. The molecule has 0 aliphatic carbocycles. The van der Waals surface area contributed by atoms with E-state index in [4.69, 9.17) is 4.42 Å². The van der Waals surface area contributed by atoms with Gasteiger partial charge in [-0.3, -0.25) is 9.20 Å². The molecule has 1 N–H and O–H groups in total. The fourth-order valence-electron chi connectivity index (χ4n) is 2.81. The molecule has 1 aromatic carbocycles. The molecule has 4 rings (SSSR count). The van der Waals surface area contributed by atoms with Crippen LogP contribution in [0.5, 0.6) is 0 Å². The van der Waals surface area contributed by atoms with Crippen LogP contribution >= 0.6 is 0 Å². The minimum atomic E-state index is -0.326. The lowest BCUT2D eigenvalue weighted by Crippen LogP contribution is -2.12. The molecule has 0 saturated heterocycles. The van der Waals surface area contributed by atoms with Crippen molar-refractivity contribution in [3.8, 4) is 11.3 Å². The number of fused-ring (bicyclic) bond motifs is 1. The van der Waals surface area contributed by atoms with Gasteiger partial charge in [-0.2, -0.15) is 0 Å². The van der Waals surface area contributed by atoms with Gasteiger partial charge in [0, 0.05) is 36.8 Å². The summed E-state index contributed by atoms with van der Waals surface area (Å²) in [4.78, 5) is 25.4. The highest BCUT2D eigenvalue weighted by Crippen LogP contribution is 2.23.